The fraction of sp³-hybridized carbons (Fsp3) is 0.150. The van der Waals surface area contributed by atoms with Crippen LogP contribution in [0.3, 0.4) is 0 Å². The average Bonchev–Trinajstić information content (AvgIpc) is 2.77. The molecule has 0 bridgehead atoms. The van der Waals surface area contributed by atoms with E-state index in [1.807, 2.05) is 12.3 Å². The maximum Gasteiger partial charge on any atom is 0.0702 e. The topological polar surface area (TPSA) is 12.9 Å². The Labute approximate surface area is 139 Å². The van der Waals surface area contributed by atoms with Gasteiger partial charge in [-0.05, 0) is 56.4 Å². The van der Waals surface area contributed by atoms with Crippen LogP contribution in [-0.2, 0) is 5.41 Å². The fourth-order valence-electron chi connectivity index (χ4n) is 3.41. The van der Waals surface area contributed by atoms with E-state index in [0.29, 0.717) is 0 Å². The third-order valence-corrected chi connectivity index (χ3v) is 5.08. The molecule has 1 aliphatic rings. The normalized spacial score (nSPS) is 14.5. The van der Waals surface area contributed by atoms with E-state index in [4.69, 9.17) is 0 Å². The Hall–Kier alpha value is -1.93. The summed E-state index contributed by atoms with van der Waals surface area (Å²) in [7, 11) is 0. The molecule has 0 saturated heterocycles. The van der Waals surface area contributed by atoms with E-state index >= 15 is 0 Å². The van der Waals surface area contributed by atoms with Crippen LogP contribution in [0.4, 0.5) is 0 Å². The van der Waals surface area contributed by atoms with Crippen molar-refractivity contribution in [3.63, 3.8) is 0 Å². The second kappa shape index (κ2) is 4.79. The summed E-state index contributed by atoms with van der Waals surface area (Å²) < 4.78 is 1.00. The summed E-state index contributed by atoms with van der Waals surface area (Å²) in [5, 5.41) is 0. The van der Waals surface area contributed by atoms with Gasteiger partial charge in [-0.2, -0.15) is 0 Å². The summed E-state index contributed by atoms with van der Waals surface area (Å²) in [6.45, 7) is 4.60. The molecule has 0 radical (unpaired) electrons. The van der Waals surface area contributed by atoms with Crippen molar-refractivity contribution in [3.05, 3.63) is 76.4 Å². The SMILES string of the molecule is CC1(C)c2ccccc2-c2ccc(-c3ccc(Br)cn3)cc21. The molecule has 2 heteroatoms. The van der Waals surface area contributed by atoms with E-state index in [9.17, 15) is 0 Å². The number of hydrogen-bond acceptors (Lipinski definition) is 1. The number of aromatic nitrogens is 1. The molecule has 108 valence electrons. The summed E-state index contributed by atoms with van der Waals surface area (Å²) in [5.74, 6) is 0. The van der Waals surface area contributed by atoms with Crippen molar-refractivity contribution in [3.8, 4) is 22.4 Å². The first kappa shape index (κ1) is 13.7. The van der Waals surface area contributed by atoms with Crippen LogP contribution in [0.2, 0.25) is 0 Å². The lowest BCUT2D eigenvalue weighted by atomic mass is 9.82. The van der Waals surface area contributed by atoms with Crippen molar-refractivity contribution >= 4 is 15.9 Å². The van der Waals surface area contributed by atoms with Gasteiger partial charge in [-0.1, -0.05) is 50.2 Å². The van der Waals surface area contributed by atoms with Crippen molar-refractivity contribution in [2.24, 2.45) is 0 Å². The maximum atomic E-state index is 4.52. The average molecular weight is 350 g/mol. The fourth-order valence-corrected chi connectivity index (χ4v) is 3.64. The summed E-state index contributed by atoms with van der Waals surface area (Å²) in [6, 6.07) is 19.5. The van der Waals surface area contributed by atoms with Crippen LogP contribution in [0.1, 0.15) is 25.0 Å². The van der Waals surface area contributed by atoms with E-state index in [0.717, 1.165) is 10.2 Å². The first-order valence-electron chi connectivity index (χ1n) is 7.44. The van der Waals surface area contributed by atoms with E-state index in [-0.39, 0.29) is 5.41 Å². The van der Waals surface area contributed by atoms with Gasteiger partial charge in [0, 0.05) is 21.6 Å². The number of nitrogens with zero attached hydrogens (tertiary/aromatic N) is 1. The van der Waals surface area contributed by atoms with E-state index in [1.54, 1.807) is 0 Å². The van der Waals surface area contributed by atoms with Crippen molar-refractivity contribution in [1.29, 1.82) is 0 Å². The molecule has 1 nitrogen and oxygen atoms in total. The highest BCUT2D eigenvalue weighted by molar-refractivity contribution is 9.10. The second-order valence-corrected chi connectivity index (χ2v) is 7.21. The minimum atomic E-state index is 0.0390. The van der Waals surface area contributed by atoms with Gasteiger partial charge in [0.15, 0.2) is 0 Å². The van der Waals surface area contributed by atoms with Gasteiger partial charge in [-0.15, -0.1) is 0 Å². The minimum absolute atomic E-state index is 0.0390. The predicted molar refractivity (Wildman–Crippen MR) is 94.9 cm³/mol. The van der Waals surface area contributed by atoms with Gasteiger partial charge in [0.2, 0.25) is 0 Å². The predicted octanol–water partition coefficient (Wildman–Crippen LogP) is 5.82. The van der Waals surface area contributed by atoms with Crippen LogP contribution >= 0.6 is 15.9 Å². The van der Waals surface area contributed by atoms with Gasteiger partial charge in [0.05, 0.1) is 5.69 Å². The van der Waals surface area contributed by atoms with Crippen LogP contribution < -0.4 is 0 Å². The van der Waals surface area contributed by atoms with Gasteiger partial charge in [-0.3, -0.25) is 4.98 Å². The maximum absolute atomic E-state index is 4.52. The highest BCUT2D eigenvalue weighted by atomic mass is 79.9. The van der Waals surface area contributed by atoms with E-state index < -0.39 is 0 Å². The van der Waals surface area contributed by atoms with Gasteiger partial charge in [0.25, 0.3) is 0 Å². The molecule has 22 heavy (non-hydrogen) atoms. The Morgan fingerprint density at radius 3 is 2.41 bits per heavy atom. The number of hydrogen-bond donors (Lipinski definition) is 0. The zero-order chi connectivity index (χ0) is 15.3. The molecule has 1 aliphatic carbocycles. The van der Waals surface area contributed by atoms with Crippen molar-refractivity contribution < 1.29 is 0 Å². The van der Waals surface area contributed by atoms with Gasteiger partial charge >= 0.3 is 0 Å². The summed E-state index contributed by atoms with van der Waals surface area (Å²) in [4.78, 5) is 4.52. The number of halogens is 1. The van der Waals surface area contributed by atoms with Gasteiger partial charge < -0.3 is 0 Å². The summed E-state index contributed by atoms with van der Waals surface area (Å²) in [5.41, 5.74) is 7.73. The van der Waals surface area contributed by atoms with Crippen LogP contribution in [0.5, 0.6) is 0 Å². The first-order chi connectivity index (χ1) is 10.6. The molecule has 0 saturated carbocycles. The lowest BCUT2D eigenvalue weighted by Gasteiger charge is -2.21. The van der Waals surface area contributed by atoms with Crippen LogP contribution in [0.25, 0.3) is 22.4 Å². The Morgan fingerprint density at radius 1 is 0.864 bits per heavy atom. The highest BCUT2D eigenvalue weighted by Gasteiger charge is 2.35. The molecule has 0 unspecified atom stereocenters. The van der Waals surface area contributed by atoms with Gasteiger partial charge in [0.1, 0.15) is 0 Å². The van der Waals surface area contributed by atoms with Crippen molar-refractivity contribution in [1.82, 2.24) is 4.98 Å². The number of benzene rings is 2. The molecule has 4 rings (SSSR count). The molecule has 0 amide bonds. The Bertz CT molecular complexity index is 863. The van der Waals surface area contributed by atoms with Crippen molar-refractivity contribution in [2.45, 2.75) is 19.3 Å². The molecule has 1 aromatic heterocycles. The van der Waals surface area contributed by atoms with Crippen LogP contribution in [0, 0.1) is 0 Å². The van der Waals surface area contributed by atoms with Crippen LogP contribution in [-0.4, -0.2) is 4.98 Å². The zero-order valence-electron chi connectivity index (χ0n) is 12.6. The molecule has 0 aliphatic heterocycles. The molecular formula is C20H16BrN. The molecule has 0 fully saturated rings. The molecule has 0 N–H and O–H groups in total. The molecule has 2 aromatic carbocycles. The Kier molecular flexibility index (Phi) is 2.98. The lowest BCUT2D eigenvalue weighted by molar-refractivity contribution is 0.660. The standard InChI is InChI=1S/C20H16BrN/c1-20(2)17-6-4-3-5-15(17)16-9-7-13(11-18(16)20)19-10-8-14(21)12-22-19/h3-12H,1-2H3. The summed E-state index contributed by atoms with van der Waals surface area (Å²) in [6.07, 6.45) is 1.85. The molecule has 0 atom stereocenters. The Balaban J connectivity index is 1.90. The van der Waals surface area contributed by atoms with Crippen LogP contribution in [0.15, 0.2) is 65.3 Å². The number of fused-ring (bicyclic) bond motifs is 3. The largest absolute Gasteiger partial charge is 0.255 e. The van der Waals surface area contributed by atoms with Gasteiger partial charge in [-0.25, -0.2) is 0 Å². The lowest BCUT2D eigenvalue weighted by Crippen LogP contribution is -2.14. The van der Waals surface area contributed by atoms with E-state index in [1.165, 1.54) is 27.8 Å². The summed E-state index contributed by atoms with van der Waals surface area (Å²) >= 11 is 3.44. The molecule has 1 heterocycles. The van der Waals surface area contributed by atoms with Crippen molar-refractivity contribution in [2.75, 3.05) is 0 Å². The monoisotopic (exact) mass is 349 g/mol. The minimum Gasteiger partial charge on any atom is -0.255 e. The first-order valence-corrected chi connectivity index (χ1v) is 8.23. The zero-order valence-corrected chi connectivity index (χ0v) is 14.2. The van der Waals surface area contributed by atoms with E-state index in [2.05, 4.69) is 83.3 Å². The molecule has 3 aromatic rings. The molecule has 0 spiro atoms. The number of rotatable bonds is 1. The smallest absolute Gasteiger partial charge is 0.0702 e. The highest BCUT2D eigenvalue weighted by Crippen LogP contribution is 2.49. The Morgan fingerprint density at radius 2 is 1.64 bits per heavy atom. The third-order valence-electron chi connectivity index (χ3n) is 4.61. The third kappa shape index (κ3) is 1.94. The number of pyridine rings is 1. The quantitative estimate of drug-likeness (QED) is 0.539. The second-order valence-electron chi connectivity index (χ2n) is 6.29. The molecular weight excluding hydrogens is 334 g/mol.